The first-order chi connectivity index (χ1) is 15.7. The lowest BCUT2D eigenvalue weighted by Gasteiger charge is -2.32. The van der Waals surface area contributed by atoms with Crippen LogP contribution in [-0.4, -0.2) is 61.0 Å². The molecule has 0 bridgehead atoms. The number of amides is 1. The molecule has 8 heteroatoms. The Kier molecular flexibility index (Phi) is 7.01. The highest BCUT2D eigenvalue weighted by atomic mass is 16.5. The maximum absolute atomic E-state index is 12.9. The summed E-state index contributed by atoms with van der Waals surface area (Å²) in [5.74, 6) is 2.32. The second-order valence-corrected chi connectivity index (χ2v) is 7.60. The zero-order valence-electron chi connectivity index (χ0n) is 18.3. The Labute approximate surface area is 187 Å². The van der Waals surface area contributed by atoms with E-state index in [9.17, 15) is 4.79 Å². The van der Waals surface area contributed by atoms with Gasteiger partial charge < -0.3 is 23.6 Å². The van der Waals surface area contributed by atoms with Crippen LogP contribution in [0.25, 0.3) is 11.5 Å². The minimum absolute atomic E-state index is 0.0270. The van der Waals surface area contributed by atoms with Crippen LogP contribution in [0.1, 0.15) is 29.0 Å². The van der Waals surface area contributed by atoms with Gasteiger partial charge in [0.2, 0.25) is 0 Å². The highest BCUT2D eigenvalue weighted by Crippen LogP contribution is 2.25. The molecule has 0 N–H and O–H groups in total. The molecule has 8 nitrogen and oxygen atoms in total. The summed E-state index contributed by atoms with van der Waals surface area (Å²) in [4.78, 5) is 19.2. The first kappa shape index (κ1) is 21.8. The van der Waals surface area contributed by atoms with Crippen molar-refractivity contribution in [3.63, 3.8) is 0 Å². The lowest BCUT2D eigenvalue weighted by atomic mass is 10.1. The number of piperidine rings is 1. The van der Waals surface area contributed by atoms with Crippen LogP contribution in [0.15, 0.2) is 53.1 Å². The predicted molar refractivity (Wildman–Crippen MR) is 118 cm³/mol. The zero-order valence-corrected chi connectivity index (χ0v) is 18.3. The van der Waals surface area contributed by atoms with E-state index >= 15 is 0 Å². The van der Waals surface area contributed by atoms with Gasteiger partial charge in [-0.1, -0.05) is 23.4 Å². The highest BCUT2D eigenvalue weighted by Gasteiger charge is 2.25. The average molecular weight is 437 g/mol. The van der Waals surface area contributed by atoms with Crippen molar-refractivity contribution >= 4 is 5.91 Å². The molecule has 2 aromatic carbocycles. The summed E-state index contributed by atoms with van der Waals surface area (Å²) < 4.78 is 21.9. The fourth-order valence-corrected chi connectivity index (χ4v) is 3.71. The molecule has 3 aromatic rings. The molecule has 32 heavy (non-hydrogen) atoms. The van der Waals surface area contributed by atoms with E-state index in [1.807, 2.05) is 35.2 Å². The van der Waals surface area contributed by atoms with Crippen LogP contribution in [0.4, 0.5) is 0 Å². The third-order valence-electron chi connectivity index (χ3n) is 5.50. The van der Waals surface area contributed by atoms with Gasteiger partial charge in [-0.3, -0.25) is 4.79 Å². The molecule has 1 aliphatic heterocycles. The molecule has 168 valence electrons. The molecular weight excluding hydrogens is 410 g/mol. The Bertz CT molecular complexity index is 1010. The number of rotatable bonds is 8. The fourth-order valence-electron chi connectivity index (χ4n) is 3.71. The third kappa shape index (κ3) is 5.26. The van der Waals surface area contributed by atoms with Gasteiger partial charge in [-0.15, -0.1) is 0 Å². The van der Waals surface area contributed by atoms with Crippen LogP contribution in [0.5, 0.6) is 11.5 Å². The first-order valence-corrected chi connectivity index (χ1v) is 10.7. The van der Waals surface area contributed by atoms with Crippen LogP contribution >= 0.6 is 0 Å². The summed E-state index contributed by atoms with van der Waals surface area (Å²) >= 11 is 0. The van der Waals surface area contributed by atoms with Crippen molar-refractivity contribution in [2.24, 2.45) is 0 Å². The number of carbonyl (C=O) groups excluding carboxylic acids is 1. The van der Waals surface area contributed by atoms with E-state index in [2.05, 4.69) is 10.1 Å². The van der Waals surface area contributed by atoms with Gasteiger partial charge in [-0.25, -0.2) is 0 Å². The van der Waals surface area contributed by atoms with Gasteiger partial charge in [-0.05, 0) is 37.1 Å². The Morgan fingerprint density at radius 3 is 2.41 bits per heavy atom. The maximum Gasteiger partial charge on any atom is 0.257 e. The van der Waals surface area contributed by atoms with E-state index in [1.54, 1.807) is 32.4 Å². The van der Waals surface area contributed by atoms with Crippen molar-refractivity contribution in [1.29, 1.82) is 0 Å². The average Bonchev–Trinajstić information content (AvgIpc) is 3.33. The fraction of sp³-hybridized carbons (Fsp3) is 0.375. The SMILES string of the molecule is COc1cc(OC)cc(C(=O)N2CCC(OCCc3noc(-c4ccccc4)n3)CC2)c1. The van der Waals surface area contributed by atoms with E-state index in [0.29, 0.717) is 54.9 Å². The van der Waals surface area contributed by atoms with Crippen LogP contribution < -0.4 is 9.47 Å². The van der Waals surface area contributed by atoms with E-state index in [1.165, 1.54) is 0 Å². The van der Waals surface area contributed by atoms with Crippen molar-refractivity contribution in [3.8, 4) is 23.0 Å². The van der Waals surface area contributed by atoms with E-state index < -0.39 is 0 Å². The molecule has 0 saturated carbocycles. The number of nitrogens with zero attached hydrogens (tertiary/aromatic N) is 3. The molecule has 1 aliphatic rings. The van der Waals surface area contributed by atoms with Crippen molar-refractivity contribution in [2.75, 3.05) is 33.9 Å². The van der Waals surface area contributed by atoms with Gasteiger partial charge >= 0.3 is 0 Å². The number of ether oxygens (including phenoxy) is 3. The molecule has 0 atom stereocenters. The summed E-state index contributed by atoms with van der Waals surface area (Å²) in [5.41, 5.74) is 1.46. The highest BCUT2D eigenvalue weighted by molar-refractivity contribution is 5.95. The predicted octanol–water partition coefficient (Wildman–Crippen LogP) is 3.62. The van der Waals surface area contributed by atoms with E-state index in [-0.39, 0.29) is 12.0 Å². The Morgan fingerprint density at radius 2 is 1.75 bits per heavy atom. The largest absolute Gasteiger partial charge is 0.497 e. The van der Waals surface area contributed by atoms with Gasteiger partial charge in [0.25, 0.3) is 11.8 Å². The van der Waals surface area contributed by atoms with Gasteiger partial charge in [0.05, 0.1) is 26.9 Å². The minimum Gasteiger partial charge on any atom is -0.497 e. The van der Waals surface area contributed by atoms with Gasteiger partial charge in [0.15, 0.2) is 5.82 Å². The number of aromatic nitrogens is 2. The lowest BCUT2D eigenvalue weighted by Crippen LogP contribution is -2.41. The van der Waals surface area contributed by atoms with Crippen molar-refractivity contribution < 1.29 is 23.5 Å². The van der Waals surface area contributed by atoms with Crippen molar-refractivity contribution in [3.05, 3.63) is 59.9 Å². The van der Waals surface area contributed by atoms with Gasteiger partial charge in [0.1, 0.15) is 11.5 Å². The summed E-state index contributed by atoms with van der Waals surface area (Å²) in [5, 5.41) is 4.03. The van der Waals surface area contributed by atoms with Crippen molar-refractivity contribution in [2.45, 2.75) is 25.4 Å². The first-order valence-electron chi connectivity index (χ1n) is 10.7. The number of benzene rings is 2. The molecule has 2 heterocycles. The van der Waals surface area contributed by atoms with Crippen LogP contribution in [-0.2, 0) is 11.2 Å². The molecular formula is C24H27N3O5. The number of likely N-dealkylation sites (tertiary alicyclic amines) is 1. The quantitative estimate of drug-likeness (QED) is 0.532. The minimum atomic E-state index is -0.0270. The van der Waals surface area contributed by atoms with Crippen LogP contribution in [0, 0.1) is 0 Å². The molecule has 0 radical (unpaired) electrons. The number of methoxy groups -OCH3 is 2. The van der Waals surface area contributed by atoms with E-state index in [4.69, 9.17) is 18.7 Å². The summed E-state index contributed by atoms with van der Waals surface area (Å²) in [6.07, 6.45) is 2.27. The van der Waals surface area contributed by atoms with Crippen LogP contribution in [0.3, 0.4) is 0 Å². The van der Waals surface area contributed by atoms with E-state index in [0.717, 1.165) is 18.4 Å². The lowest BCUT2D eigenvalue weighted by molar-refractivity contribution is 0.00945. The molecule has 1 amide bonds. The van der Waals surface area contributed by atoms with Gasteiger partial charge in [-0.2, -0.15) is 4.98 Å². The molecule has 0 aliphatic carbocycles. The Hall–Kier alpha value is -3.39. The summed E-state index contributed by atoms with van der Waals surface area (Å²) in [7, 11) is 3.14. The maximum atomic E-state index is 12.9. The summed E-state index contributed by atoms with van der Waals surface area (Å²) in [6, 6.07) is 14.9. The second-order valence-electron chi connectivity index (χ2n) is 7.60. The smallest absolute Gasteiger partial charge is 0.257 e. The number of hydrogen-bond donors (Lipinski definition) is 0. The number of carbonyl (C=O) groups is 1. The topological polar surface area (TPSA) is 86.9 Å². The van der Waals surface area contributed by atoms with Gasteiger partial charge in [0, 0.05) is 36.7 Å². The Morgan fingerprint density at radius 1 is 1.06 bits per heavy atom. The normalized spacial score (nSPS) is 14.4. The second kappa shape index (κ2) is 10.3. The monoisotopic (exact) mass is 437 g/mol. The van der Waals surface area contributed by atoms with Crippen molar-refractivity contribution in [1.82, 2.24) is 15.0 Å². The zero-order chi connectivity index (χ0) is 22.3. The molecule has 4 rings (SSSR count). The Balaban J connectivity index is 1.24. The number of hydrogen-bond acceptors (Lipinski definition) is 7. The van der Waals surface area contributed by atoms with Crippen LogP contribution in [0.2, 0.25) is 0 Å². The molecule has 1 aromatic heterocycles. The molecule has 0 spiro atoms. The molecule has 1 fully saturated rings. The molecule has 0 unspecified atom stereocenters. The summed E-state index contributed by atoms with van der Waals surface area (Å²) in [6.45, 7) is 1.80. The third-order valence-corrected chi connectivity index (χ3v) is 5.50. The molecule has 1 saturated heterocycles. The standard InChI is InChI=1S/C24H27N3O5/c1-29-20-14-18(15-21(16-20)30-2)24(28)27-11-8-19(9-12-27)31-13-10-22-25-23(32-26-22)17-6-4-3-5-7-17/h3-7,14-16,19H,8-13H2,1-2H3.